The summed E-state index contributed by atoms with van der Waals surface area (Å²) in [6.45, 7) is 4.83. The first-order chi connectivity index (χ1) is 29.0. The van der Waals surface area contributed by atoms with Crippen molar-refractivity contribution in [3.05, 3.63) is 36.5 Å². The molecule has 6 heteroatoms. The van der Waals surface area contributed by atoms with Crippen molar-refractivity contribution in [1.82, 2.24) is 5.32 Å². The van der Waals surface area contributed by atoms with Crippen molar-refractivity contribution >= 4 is 11.9 Å². The molecule has 0 bridgehead atoms. The SMILES string of the molecule is CCCCCC/C=C\C/C=C\CCCCCCCCCC(=O)OCCCCCCCCCCCCCCC(=O)NC(CO)C(O)/C=C/CCCCCCCCCCCC. The number of nitrogens with one attached hydrogen (secondary N) is 1. The minimum atomic E-state index is -0.854. The summed E-state index contributed by atoms with van der Waals surface area (Å²) in [5, 5.41) is 23.0. The van der Waals surface area contributed by atoms with Gasteiger partial charge in [-0.3, -0.25) is 9.59 Å². The van der Waals surface area contributed by atoms with Crippen LogP contribution in [0.1, 0.15) is 264 Å². The van der Waals surface area contributed by atoms with Crippen LogP contribution in [0.3, 0.4) is 0 Å². The summed E-state index contributed by atoms with van der Waals surface area (Å²) in [5.74, 6) is -0.104. The normalized spacial score (nSPS) is 12.9. The van der Waals surface area contributed by atoms with Crippen molar-refractivity contribution in [2.75, 3.05) is 13.2 Å². The fraction of sp³-hybridized carbons (Fsp3) is 0.849. The second-order valence-corrected chi connectivity index (χ2v) is 17.5. The summed E-state index contributed by atoms with van der Waals surface area (Å²) in [6, 6.07) is -0.639. The number of allylic oxidation sites excluding steroid dienone is 5. The molecule has 0 aliphatic heterocycles. The number of ether oxygens (including phenoxy) is 1. The summed E-state index contributed by atoms with van der Waals surface area (Å²) in [5.41, 5.74) is 0. The van der Waals surface area contributed by atoms with E-state index in [9.17, 15) is 19.8 Å². The third-order valence-electron chi connectivity index (χ3n) is 11.7. The van der Waals surface area contributed by atoms with E-state index < -0.39 is 12.1 Å². The van der Waals surface area contributed by atoms with Crippen molar-refractivity contribution in [2.45, 2.75) is 276 Å². The third kappa shape index (κ3) is 45.4. The molecule has 346 valence electrons. The topological polar surface area (TPSA) is 95.9 Å². The Bertz CT molecular complexity index is 962. The number of aliphatic hydroxyl groups is 2. The monoisotopic (exact) mass is 830 g/mol. The van der Waals surface area contributed by atoms with Gasteiger partial charge < -0.3 is 20.3 Å². The van der Waals surface area contributed by atoms with Crippen LogP contribution in [-0.4, -0.2) is 47.4 Å². The first kappa shape index (κ1) is 57.1. The average Bonchev–Trinajstić information content (AvgIpc) is 3.24. The Morgan fingerprint density at radius 1 is 0.475 bits per heavy atom. The fourth-order valence-corrected chi connectivity index (χ4v) is 7.66. The number of carbonyl (C=O) groups is 2. The zero-order valence-corrected chi connectivity index (χ0v) is 39.2. The molecule has 0 aliphatic rings. The van der Waals surface area contributed by atoms with Crippen LogP contribution in [-0.2, 0) is 14.3 Å². The van der Waals surface area contributed by atoms with Crippen LogP contribution >= 0.6 is 0 Å². The quantitative estimate of drug-likeness (QED) is 0.0323. The van der Waals surface area contributed by atoms with E-state index in [0.717, 1.165) is 64.2 Å². The maximum absolute atomic E-state index is 12.4. The van der Waals surface area contributed by atoms with Gasteiger partial charge in [0.15, 0.2) is 0 Å². The van der Waals surface area contributed by atoms with Crippen LogP contribution in [0.2, 0.25) is 0 Å². The first-order valence-corrected chi connectivity index (χ1v) is 25.8. The third-order valence-corrected chi connectivity index (χ3v) is 11.7. The van der Waals surface area contributed by atoms with Gasteiger partial charge in [0.25, 0.3) is 0 Å². The van der Waals surface area contributed by atoms with E-state index in [1.165, 1.54) is 173 Å². The molecule has 0 saturated carbocycles. The molecule has 2 unspecified atom stereocenters. The molecule has 0 fully saturated rings. The van der Waals surface area contributed by atoms with Gasteiger partial charge in [0.2, 0.25) is 5.91 Å². The Morgan fingerprint density at radius 3 is 1.31 bits per heavy atom. The molecule has 0 aliphatic carbocycles. The highest BCUT2D eigenvalue weighted by atomic mass is 16.5. The van der Waals surface area contributed by atoms with E-state index in [1.54, 1.807) is 6.08 Å². The Morgan fingerprint density at radius 2 is 0.847 bits per heavy atom. The molecule has 0 aromatic carbocycles. The summed E-state index contributed by atoms with van der Waals surface area (Å²) in [7, 11) is 0. The molecule has 0 aromatic rings. The van der Waals surface area contributed by atoms with Crippen LogP contribution in [0, 0.1) is 0 Å². The van der Waals surface area contributed by atoms with Gasteiger partial charge in [-0.15, -0.1) is 0 Å². The maximum atomic E-state index is 12.4. The standard InChI is InChI=1S/C53H99NO5/c1-3-5-7-9-11-13-15-17-18-19-20-21-22-27-31-35-39-43-47-53(58)59-48-44-40-36-32-28-24-23-26-30-34-38-42-46-52(57)54-50(49-55)51(56)45-41-37-33-29-25-16-14-12-10-8-6-4-2/h13,15,18-19,41,45,50-51,55-56H,3-12,14,16-17,20-40,42-44,46-49H2,1-2H3,(H,54,57)/b15-13-,19-18-,45-41+. The van der Waals surface area contributed by atoms with Gasteiger partial charge in [0.05, 0.1) is 25.4 Å². The molecule has 0 spiro atoms. The molecule has 0 rings (SSSR count). The Hall–Kier alpha value is -1.92. The zero-order valence-electron chi connectivity index (χ0n) is 39.2. The van der Waals surface area contributed by atoms with Crippen LogP contribution in [0.15, 0.2) is 36.5 Å². The van der Waals surface area contributed by atoms with Crippen LogP contribution in [0.25, 0.3) is 0 Å². The lowest BCUT2D eigenvalue weighted by atomic mass is 10.0. The van der Waals surface area contributed by atoms with Gasteiger partial charge in [-0.1, -0.05) is 224 Å². The van der Waals surface area contributed by atoms with E-state index in [2.05, 4.69) is 43.5 Å². The number of unbranched alkanes of at least 4 members (excludes halogenated alkanes) is 32. The molecule has 3 N–H and O–H groups in total. The Balaban J connectivity index is 3.48. The smallest absolute Gasteiger partial charge is 0.305 e. The van der Waals surface area contributed by atoms with E-state index >= 15 is 0 Å². The zero-order chi connectivity index (χ0) is 43.0. The summed E-state index contributed by atoms with van der Waals surface area (Å²) in [6.07, 6.45) is 58.5. The second-order valence-electron chi connectivity index (χ2n) is 17.5. The Labute approximate surface area is 366 Å². The van der Waals surface area contributed by atoms with Gasteiger partial charge in [0.1, 0.15) is 0 Å². The highest BCUT2D eigenvalue weighted by molar-refractivity contribution is 5.76. The largest absolute Gasteiger partial charge is 0.466 e. The van der Waals surface area contributed by atoms with E-state index in [0.29, 0.717) is 19.4 Å². The predicted octanol–water partition coefficient (Wildman–Crippen LogP) is 15.3. The van der Waals surface area contributed by atoms with Crippen molar-refractivity contribution in [1.29, 1.82) is 0 Å². The maximum Gasteiger partial charge on any atom is 0.305 e. The number of hydrogen-bond donors (Lipinski definition) is 3. The molecule has 1 amide bonds. The van der Waals surface area contributed by atoms with Crippen molar-refractivity contribution in [3.8, 4) is 0 Å². The van der Waals surface area contributed by atoms with Crippen molar-refractivity contribution < 1.29 is 24.5 Å². The number of hydrogen-bond acceptors (Lipinski definition) is 5. The Kier molecular flexibility index (Phi) is 47.2. The highest BCUT2D eigenvalue weighted by Crippen LogP contribution is 2.15. The second kappa shape index (κ2) is 48.7. The molecule has 2 atom stereocenters. The molecule has 0 saturated heterocycles. The molecule has 0 aromatic heterocycles. The van der Waals surface area contributed by atoms with Crippen LogP contribution in [0.4, 0.5) is 0 Å². The number of amides is 1. The summed E-state index contributed by atoms with van der Waals surface area (Å²) < 4.78 is 5.46. The number of carbonyl (C=O) groups excluding carboxylic acids is 2. The first-order valence-electron chi connectivity index (χ1n) is 25.8. The highest BCUT2D eigenvalue weighted by Gasteiger charge is 2.18. The molecular weight excluding hydrogens is 731 g/mol. The molecule has 0 radical (unpaired) electrons. The fourth-order valence-electron chi connectivity index (χ4n) is 7.66. The summed E-state index contributed by atoms with van der Waals surface area (Å²) >= 11 is 0. The van der Waals surface area contributed by atoms with Crippen LogP contribution < -0.4 is 5.32 Å². The lowest BCUT2D eigenvalue weighted by Gasteiger charge is -2.20. The van der Waals surface area contributed by atoms with Gasteiger partial charge in [-0.05, 0) is 64.2 Å². The van der Waals surface area contributed by atoms with Gasteiger partial charge in [-0.25, -0.2) is 0 Å². The van der Waals surface area contributed by atoms with Crippen molar-refractivity contribution in [2.24, 2.45) is 0 Å². The van der Waals surface area contributed by atoms with Crippen LogP contribution in [0.5, 0.6) is 0 Å². The van der Waals surface area contributed by atoms with E-state index in [4.69, 9.17) is 4.74 Å². The number of rotatable bonds is 47. The summed E-state index contributed by atoms with van der Waals surface area (Å²) in [4.78, 5) is 24.5. The van der Waals surface area contributed by atoms with Gasteiger partial charge >= 0.3 is 5.97 Å². The minimum Gasteiger partial charge on any atom is -0.466 e. The van der Waals surface area contributed by atoms with E-state index in [-0.39, 0.29) is 18.5 Å². The molecule has 6 nitrogen and oxygen atoms in total. The number of esters is 1. The molecular formula is C53H99NO5. The number of aliphatic hydroxyl groups excluding tert-OH is 2. The van der Waals surface area contributed by atoms with Gasteiger partial charge in [-0.2, -0.15) is 0 Å². The van der Waals surface area contributed by atoms with Gasteiger partial charge in [0, 0.05) is 12.8 Å². The predicted molar refractivity (Wildman–Crippen MR) is 255 cm³/mol. The average molecular weight is 830 g/mol. The lowest BCUT2D eigenvalue weighted by molar-refractivity contribution is -0.143. The van der Waals surface area contributed by atoms with Crippen molar-refractivity contribution in [3.63, 3.8) is 0 Å². The molecule has 0 heterocycles. The van der Waals surface area contributed by atoms with E-state index in [1.807, 2.05) is 6.08 Å². The lowest BCUT2D eigenvalue weighted by Crippen LogP contribution is -2.45. The molecule has 59 heavy (non-hydrogen) atoms. The minimum absolute atomic E-state index is 0.0189.